The predicted molar refractivity (Wildman–Crippen MR) is 80.9 cm³/mol. The molecule has 0 saturated carbocycles. The van der Waals surface area contributed by atoms with Gasteiger partial charge in [0, 0.05) is 28.7 Å². The van der Waals surface area contributed by atoms with E-state index >= 15 is 0 Å². The lowest BCUT2D eigenvalue weighted by Crippen LogP contribution is -2.03. The van der Waals surface area contributed by atoms with Crippen LogP contribution in [0.1, 0.15) is 10.4 Å². The van der Waals surface area contributed by atoms with Gasteiger partial charge in [-0.15, -0.1) is 11.3 Å². The molecule has 0 aliphatic carbocycles. The van der Waals surface area contributed by atoms with E-state index in [0.29, 0.717) is 11.4 Å². The summed E-state index contributed by atoms with van der Waals surface area (Å²) >= 11 is 7.43. The smallest absolute Gasteiger partial charge is 0.175 e. The Hall–Kier alpha value is -1.04. The highest BCUT2D eigenvalue weighted by Crippen LogP contribution is 2.23. The number of anilines is 1. The Kier molecular flexibility index (Phi) is 4.18. The highest BCUT2D eigenvalue weighted by atomic mass is 35.5. The third-order valence-corrected chi connectivity index (χ3v) is 5.11. The first-order chi connectivity index (χ1) is 8.86. The van der Waals surface area contributed by atoms with Gasteiger partial charge >= 0.3 is 0 Å². The fraction of sp³-hybridized carbons (Fsp3) is 0.231. The van der Waals surface area contributed by atoms with E-state index in [4.69, 9.17) is 11.6 Å². The number of hydrogen-bond acceptors (Lipinski definition) is 4. The summed E-state index contributed by atoms with van der Waals surface area (Å²) in [6.07, 6.45) is 1.21. The topological polar surface area (TPSA) is 46.2 Å². The molecule has 1 aromatic heterocycles. The molecule has 0 bridgehead atoms. The lowest BCUT2D eigenvalue weighted by Gasteiger charge is -2.10. The van der Waals surface area contributed by atoms with Gasteiger partial charge in [0.1, 0.15) is 0 Å². The Morgan fingerprint density at radius 1 is 1.32 bits per heavy atom. The first-order valence-corrected chi connectivity index (χ1v) is 8.78. The van der Waals surface area contributed by atoms with E-state index in [1.165, 1.54) is 6.26 Å². The fourth-order valence-electron chi connectivity index (χ4n) is 1.65. The second-order valence-electron chi connectivity index (χ2n) is 4.33. The van der Waals surface area contributed by atoms with Gasteiger partial charge in [-0.05, 0) is 30.7 Å². The zero-order valence-electron chi connectivity index (χ0n) is 10.6. The minimum absolute atomic E-state index is 0.324. The van der Waals surface area contributed by atoms with E-state index in [2.05, 4.69) is 5.32 Å². The summed E-state index contributed by atoms with van der Waals surface area (Å²) in [5.74, 6) is 0. The molecule has 1 N–H and O–H groups in total. The third kappa shape index (κ3) is 3.72. The van der Waals surface area contributed by atoms with Crippen molar-refractivity contribution in [1.29, 1.82) is 0 Å². The third-order valence-electron chi connectivity index (χ3n) is 2.71. The number of halogens is 1. The molecule has 0 radical (unpaired) electrons. The Bertz CT molecular complexity index is 692. The molecular formula is C13H14ClNO2S2. The van der Waals surface area contributed by atoms with Gasteiger partial charge in [-0.2, -0.15) is 0 Å². The molecule has 6 heteroatoms. The van der Waals surface area contributed by atoms with Crippen LogP contribution < -0.4 is 5.32 Å². The molecule has 0 aliphatic heterocycles. The molecule has 0 atom stereocenters. The zero-order chi connectivity index (χ0) is 14.0. The molecule has 1 heterocycles. The van der Waals surface area contributed by atoms with Crippen molar-refractivity contribution in [2.45, 2.75) is 18.4 Å². The SMILES string of the molecule is Cc1ccc(S(C)(=O)=O)cc1NCc1cc(Cl)cs1. The standard InChI is InChI=1S/C13H14ClNO2S2/c1-9-3-4-12(19(2,16)17)6-13(9)15-7-11-5-10(14)8-18-11/h3-6,8,15H,7H2,1-2H3. The molecule has 0 saturated heterocycles. The van der Waals surface area contributed by atoms with Crippen LogP contribution >= 0.6 is 22.9 Å². The van der Waals surface area contributed by atoms with Crippen molar-refractivity contribution in [3.8, 4) is 0 Å². The van der Waals surface area contributed by atoms with Gasteiger partial charge in [-0.25, -0.2) is 8.42 Å². The maximum Gasteiger partial charge on any atom is 0.175 e. The number of hydrogen-bond donors (Lipinski definition) is 1. The molecule has 2 rings (SSSR count). The summed E-state index contributed by atoms with van der Waals surface area (Å²) in [5.41, 5.74) is 1.84. The number of sulfone groups is 1. The van der Waals surface area contributed by atoms with Crippen LogP contribution in [0.3, 0.4) is 0 Å². The molecule has 1 aromatic carbocycles. The van der Waals surface area contributed by atoms with E-state index < -0.39 is 9.84 Å². The van der Waals surface area contributed by atoms with Crippen LogP contribution in [-0.4, -0.2) is 14.7 Å². The molecule has 0 spiro atoms. The Morgan fingerprint density at radius 3 is 2.63 bits per heavy atom. The number of rotatable bonds is 4. The number of nitrogens with one attached hydrogen (secondary N) is 1. The maximum absolute atomic E-state index is 11.5. The average Bonchev–Trinajstić information content (AvgIpc) is 2.72. The van der Waals surface area contributed by atoms with Crippen molar-refractivity contribution in [2.75, 3.05) is 11.6 Å². The summed E-state index contributed by atoms with van der Waals surface area (Å²) < 4.78 is 23.1. The summed E-state index contributed by atoms with van der Waals surface area (Å²) in [5, 5.41) is 5.84. The van der Waals surface area contributed by atoms with E-state index in [1.807, 2.05) is 18.4 Å². The molecule has 3 nitrogen and oxygen atoms in total. The zero-order valence-corrected chi connectivity index (χ0v) is 13.0. The summed E-state index contributed by atoms with van der Waals surface area (Å²) in [4.78, 5) is 1.43. The van der Waals surface area contributed by atoms with Crippen LogP contribution in [0, 0.1) is 6.92 Å². The van der Waals surface area contributed by atoms with Crippen molar-refractivity contribution in [3.63, 3.8) is 0 Å². The number of aryl methyl sites for hydroxylation is 1. The normalized spacial score (nSPS) is 11.5. The van der Waals surface area contributed by atoms with Crippen LogP contribution in [0.5, 0.6) is 0 Å². The van der Waals surface area contributed by atoms with Crippen LogP contribution in [0.25, 0.3) is 0 Å². The second kappa shape index (κ2) is 5.53. The Morgan fingerprint density at radius 2 is 2.05 bits per heavy atom. The van der Waals surface area contributed by atoms with Crippen molar-refractivity contribution in [1.82, 2.24) is 0 Å². The average molecular weight is 316 g/mol. The Labute approximate surface area is 122 Å². The van der Waals surface area contributed by atoms with E-state index in [0.717, 1.165) is 21.2 Å². The van der Waals surface area contributed by atoms with Gasteiger partial charge in [0.05, 0.1) is 9.92 Å². The van der Waals surface area contributed by atoms with Crippen molar-refractivity contribution < 1.29 is 8.42 Å². The number of benzene rings is 1. The lowest BCUT2D eigenvalue weighted by molar-refractivity contribution is 0.602. The van der Waals surface area contributed by atoms with E-state index in [1.54, 1.807) is 29.5 Å². The van der Waals surface area contributed by atoms with Crippen molar-refractivity contribution in [3.05, 3.63) is 45.1 Å². The monoisotopic (exact) mass is 315 g/mol. The van der Waals surface area contributed by atoms with Gasteiger partial charge in [0.15, 0.2) is 9.84 Å². The largest absolute Gasteiger partial charge is 0.380 e. The first kappa shape index (κ1) is 14.4. The minimum Gasteiger partial charge on any atom is -0.380 e. The van der Waals surface area contributed by atoms with Gasteiger partial charge in [0.25, 0.3) is 0 Å². The molecular weight excluding hydrogens is 302 g/mol. The molecule has 0 fully saturated rings. The summed E-state index contributed by atoms with van der Waals surface area (Å²) in [6, 6.07) is 6.99. The van der Waals surface area contributed by atoms with Crippen molar-refractivity contribution >= 4 is 38.5 Å². The van der Waals surface area contributed by atoms with Crippen LogP contribution in [0.4, 0.5) is 5.69 Å². The summed E-state index contributed by atoms with van der Waals surface area (Å²) in [7, 11) is -3.18. The second-order valence-corrected chi connectivity index (χ2v) is 7.78. The molecule has 0 aliphatic rings. The Balaban J connectivity index is 2.20. The van der Waals surface area contributed by atoms with Crippen molar-refractivity contribution in [2.24, 2.45) is 0 Å². The number of thiophene rings is 1. The van der Waals surface area contributed by atoms with E-state index in [-0.39, 0.29) is 0 Å². The lowest BCUT2D eigenvalue weighted by atomic mass is 10.2. The highest BCUT2D eigenvalue weighted by molar-refractivity contribution is 7.90. The van der Waals surface area contributed by atoms with Crippen LogP contribution in [0.15, 0.2) is 34.5 Å². The van der Waals surface area contributed by atoms with Crippen LogP contribution in [0.2, 0.25) is 5.02 Å². The maximum atomic E-state index is 11.5. The van der Waals surface area contributed by atoms with E-state index in [9.17, 15) is 8.42 Å². The fourth-order valence-corrected chi connectivity index (χ4v) is 3.31. The molecule has 2 aromatic rings. The quantitative estimate of drug-likeness (QED) is 0.935. The summed E-state index contributed by atoms with van der Waals surface area (Å²) in [6.45, 7) is 2.57. The van der Waals surface area contributed by atoms with Gasteiger partial charge in [-0.3, -0.25) is 0 Å². The van der Waals surface area contributed by atoms with Gasteiger partial charge in [-0.1, -0.05) is 17.7 Å². The highest BCUT2D eigenvalue weighted by Gasteiger charge is 2.09. The molecule has 0 amide bonds. The molecule has 102 valence electrons. The molecule has 0 unspecified atom stereocenters. The predicted octanol–water partition coefficient (Wildman–Crippen LogP) is 3.73. The van der Waals surface area contributed by atoms with Gasteiger partial charge in [0.2, 0.25) is 0 Å². The first-order valence-electron chi connectivity index (χ1n) is 5.64. The van der Waals surface area contributed by atoms with Crippen LogP contribution in [-0.2, 0) is 16.4 Å². The minimum atomic E-state index is -3.18. The molecule has 19 heavy (non-hydrogen) atoms. The van der Waals surface area contributed by atoms with Gasteiger partial charge < -0.3 is 5.32 Å².